The first-order valence-electron chi connectivity index (χ1n) is 7.84. The molecule has 3 aromatic rings. The van der Waals surface area contributed by atoms with Crippen LogP contribution in [-0.4, -0.2) is 22.6 Å². The van der Waals surface area contributed by atoms with E-state index in [-0.39, 0.29) is 5.91 Å². The number of hydrogen-bond acceptors (Lipinski definition) is 3. The van der Waals surface area contributed by atoms with Crippen molar-refractivity contribution < 1.29 is 9.53 Å². The van der Waals surface area contributed by atoms with Crippen molar-refractivity contribution in [2.45, 2.75) is 12.8 Å². The number of ether oxygens (including phenoxy) is 1. The maximum atomic E-state index is 11.5. The standard InChI is InChI=1S/C19H17N3O2/c1-24-16-6-2-13(3-7-16)18-11-20-12-22(18)15-5-8-17-14(10-15)4-9-19(23)21-17/h2-3,5-8,10-12H,4,9H2,1H3,(H,21,23). The van der Waals surface area contributed by atoms with Gasteiger partial charge in [-0.15, -0.1) is 0 Å². The average Bonchev–Trinajstić information content (AvgIpc) is 3.11. The summed E-state index contributed by atoms with van der Waals surface area (Å²) in [6, 6.07) is 14.0. The monoisotopic (exact) mass is 319 g/mol. The second kappa shape index (κ2) is 5.85. The number of hydrogen-bond donors (Lipinski definition) is 1. The highest BCUT2D eigenvalue weighted by Gasteiger charge is 2.16. The second-order valence-corrected chi connectivity index (χ2v) is 5.77. The number of rotatable bonds is 3. The van der Waals surface area contributed by atoms with Gasteiger partial charge in [0.05, 0.1) is 25.3 Å². The number of nitrogens with one attached hydrogen (secondary N) is 1. The van der Waals surface area contributed by atoms with Crippen LogP contribution in [0.25, 0.3) is 16.9 Å². The Morgan fingerprint density at radius 3 is 2.75 bits per heavy atom. The Bertz CT molecular complexity index is 897. The fourth-order valence-electron chi connectivity index (χ4n) is 3.00. The van der Waals surface area contributed by atoms with Crippen LogP contribution < -0.4 is 10.1 Å². The molecule has 0 bridgehead atoms. The first-order chi connectivity index (χ1) is 11.7. The van der Waals surface area contributed by atoms with E-state index >= 15 is 0 Å². The minimum atomic E-state index is 0.0804. The lowest BCUT2D eigenvalue weighted by molar-refractivity contribution is -0.116. The van der Waals surface area contributed by atoms with E-state index in [4.69, 9.17) is 4.74 Å². The number of carbonyl (C=O) groups is 1. The molecule has 0 saturated carbocycles. The van der Waals surface area contributed by atoms with Crippen LogP contribution in [0, 0.1) is 0 Å². The fraction of sp³-hybridized carbons (Fsp3) is 0.158. The normalized spacial score (nSPS) is 13.3. The first-order valence-corrected chi connectivity index (χ1v) is 7.84. The van der Waals surface area contributed by atoms with Gasteiger partial charge in [-0.3, -0.25) is 9.36 Å². The molecule has 0 unspecified atom stereocenters. The Hall–Kier alpha value is -3.08. The number of imidazole rings is 1. The third-order valence-electron chi connectivity index (χ3n) is 4.29. The van der Waals surface area contributed by atoms with Gasteiger partial charge in [-0.1, -0.05) is 0 Å². The van der Waals surface area contributed by atoms with Gasteiger partial charge in [-0.2, -0.15) is 0 Å². The molecule has 1 aliphatic rings. The molecule has 1 aromatic heterocycles. The van der Waals surface area contributed by atoms with E-state index in [1.54, 1.807) is 7.11 Å². The van der Waals surface area contributed by atoms with Gasteiger partial charge < -0.3 is 10.1 Å². The van der Waals surface area contributed by atoms with Crippen molar-refractivity contribution in [3.63, 3.8) is 0 Å². The molecule has 4 rings (SSSR count). The quantitative estimate of drug-likeness (QED) is 0.804. The van der Waals surface area contributed by atoms with Crippen molar-refractivity contribution in [3.8, 4) is 22.7 Å². The van der Waals surface area contributed by atoms with Crippen LogP contribution in [-0.2, 0) is 11.2 Å². The summed E-state index contributed by atoms with van der Waals surface area (Å²) in [7, 11) is 1.66. The molecule has 24 heavy (non-hydrogen) atoms. The lowest BCUT2D eigenvalue weighted by atomic mass is 10.0. The topological polar surface area (TPSA) is 56.2 Å². The van der Waals surface area contributed by atoms with Crippen LogP contribution >= 0.6 is 0 Å². The fourth-order valence-corrected chi connectivity index (χ4v) is 3.00. The number of benzene rings is 2. The number of anilines is 1. The second-order valence-electron chi connectivity index (χ2n) is 5.77. The van der Waals surface area contributed by atoms with Crippen molar-refractivity contribution in [1.82, 2.24) is 9.55 Å². The third-order valence-corrected chi connectivity index (χ3v) is 4.29. The van der Waals surface area contributed by atoms with Gasteiger partial charge in [0.1, 0.15) is 5.75 Å². The summed E-state index contributed by atoms with van der Waals surface area (Å²) in [5, 5.41) is 2.91. The van der Waals surface area contributed by atoms with E-state index in [1.165, 1.54) is 0 Å². The first kappa shape index (κ1) is 14.5. The van der Waals surface area contributed by atoms with Crippen LogP contribution in [0.4, 0.5) is 5.69 Å². The molecule has 5 heteroatoms. The van der Waals surface area contributed by atoms with Gasteiger partial charge in [0, 0.05) is 23.4 Å². The molecule has 0 spiro atoms. The van der Waals surface area contributed by atoms with Crippen molar-refractivity contribution in [1.29, 1.82) is 0 Å². The minimum absolute atomic E-state index is 0.0804. The molecular formula is C19H17N3O2. The number of aryl methyl sites for hydroxylation is 1. The maximum Gasteiger partial charge on any atom is 0.224 e. The zero-order valence-corrected chi connectivity index (χ0v) is 13.3. The molecule has 1 N–H and O–H groups in total. The van der Waals surface area contributed by atoms with E-state index < -0.39 is 0 Å². The smallest absolute Gasteiger partial charge is 0.224 e. The van der Waals surface area contributed by atoms with Crippen molar-refractivity contribution in [3.05, 3.63) is 60.6 Å². The van der Waals surface area contributed by atoms with Crippen molar-refractivity contribution in [2.24, 2.45) is 0 Å². The summed E-state index contributed by atoms with van der Waals surface area (Å²) < 4.78 is 7.27. The highest BCUT2D eigenvalue weighted by molar-refractivity contribution is 5.94. The molecule has 2 aromatic carbocycles. The number of methoxy groups -OCH3 is 1. The molecule has 0 saturated heterocycles. The summed E-state index contributed by atoms with van der Waals surface area (Å²) in [5.74, 6) is 0.908. The largest absolute Gasteiger partial charge is 0.497 e. The van der Waals surface area contributed by atoms with Gasteiger partial charge >= 0.3 is 0 Å². The van der Waals surface area contributed by atoms with E-state index in [2.05, 4.69) is 20.9 Å². The number of fused-ring (bicyclic) bond motifs is 1. The predicted molar refractivity (Wildman–Crippen MR) is 92.5 cm³/mol. The van der Waals surface area contributed by atoms with Crippen LogP contribution in [0.15, 0.2) is 55.0 Å². The van der Waals surface area contributed by atoms with Gasteiger partial charge in [0.25, 0.3) is 0 Å². The van der Waals surface area contributed by atoms with Crippen LogP contribution in [0.5, 0.6) is 5.75 Å². The molecule has 120 valence electrons. The van der Waals surface area contributed by atoms with Crippen LogP contribution in [0.1, 0.15) is 12.0 Å². The SMILES string of the molecule is COc1ccc(-c2cncn2-c2ccc3c(c2)CCC(=O)N3)cc1. The lowest BCUT2D eigenvalue weighted by Gasteiger charge is -2.18. The van der Waals surface area contributed by atoms with Gasteiger partial charge in [0.15, 0.2) is 0 Å². The molecule has 2 heterocycles. The van der Waals surface area contributed by atoms with Gasteiger partial charge in [0.2, 0.25) is 5.91 Å². The molecule has 0 aliphatic carbocycles. The summed E-state index contributed by atoms with van der Waals surface area (Å²) in [4.78, 5) is 15.8. The Kier molecular flexibility index (Phi) is 3.54. The van der Waals surface area contributed by atoms with Crippen LogP contribution in [0.3, 0.4) is 0 Å². The van der Waals surface area contributed by atoms with E-state index in [0.29, 0.717) is 6.42 Å². The number of amides is 1. The minimum Gasteiger partial charge on any atom is -0.497 e. The molecule has 5 nitrogen and oxygen atoms in total. The zero-order valence-electron chi connectivity index (χ0n) is 13.3. The third kappa shape index (κ3) is 2.54. The summed E-state index contributed by atoms with van der Waals surface area (Å²) >= 11 is 0. The molecule has 0 radical (unpaired) electrons. The summed E-state index contributed by atoms with van der Waals surface area (Å²) in [5.41, 5.74) is 5.17. The van der Waals surface area contributed by atoms with Gasteiger partial charge in [-0.25, -0.2) is 4.98 Å². The lowest BCUT2D eigenvalue weighted by Crippen LogP contribution is -2.19. The highest BCUT2D eigenvalue weighted by Crippen LogP contribution is 2.29. The van der Waals surface area contributed by atoms with Gasteiger partial charge in [-0.05, 0) is 54.4 Å². The maximum absolute atomic E-state index is 11.5. The molecule has 1 amide bonds. The average molecular weight is 319 g/mol. The van der Waals surface area contributed by atoms with E-state index in [1.807, 2.05) is 48.9 Å². The van der Waals surface area contributed by atoms with Crippen molar-refractivity contribution >= 4 is 11.6 Å². The molecule has 0 fully saturated rings. The number of carbonyl (C=O) groups excluding carboxylic acids is 1. The van der Waals surface area contributed by atoms with Crippen LogP contribution in [0.2, 0.25) is 0 Å². The molecular weight excluding hydrogens is 302 g/mol. The Morgan fingerprint density at radius 2 is 1.96 bits per heavy atom. The number of aromatic nitrogens is 2. The van der Waals surface area contributed by atoms with E-state index in [0.717, 1.165) is 40.4 Å². The Balaban J connectivity index is 1.73. The zero-order chi connectivity index (χ0) is 16.5. The predicted octanol–water partition coefficient (Wildman–Crippen LogP) is 3.43. The van der Waals surface area contributed by atoms with Crippen molar-refractivity contribution in [2.75, 3.05) is 12.4 Å². The highest BCUT2D eigenvalue weighted by atomic mass is 16.5. The molecule has 0 atom stereocenters. The summed E-state index contributed by atoms with van der Waals surface area (Å²) in [6.45, 7) is 0. The van der Waals surface area contributed by atoms with E-state index in [9.17, 15) is 4.79 Å². The number of nitrogens with zero attached hydrogens (tertiary/aromatic N) is 2. The molecule has 1 aliphatic heterocycles. The Labute approximate surface area is 139 Å². The Morgan fingerprint density at radius 1 is 1.12 bits per heavy atom. The summed E-state index contributed by atoms with van der Waals surface area (Å²) in [6.07, 6.45) is 4.96.